The summed E-state index contributed by atoms with van der Waals surface area (Å²) in [5.74, 6) is 0.926. The molecule has 0 aromatic heterocycles. The molecule has 2 fully saturated rings. The minimum absolute atomic E-state index is 0.296. The highest BCUT2D eigenvalue weighted by molar-refractivity contribution is 6.34. The summed E-state index contributed by atoms with van der Waals surface area (Å²) in [6.07, 6.45) is 4.81. The molecule has 0 unspecified atom stereocenters. The van der Waals surface area contributed by atoms with Crippen LogP contribution in [0.25, 0.3) is 0 Å². The maximum absolute atomic E-state index is 12.5. The van der Waals surface area contributed by atoms with Crippen LogP contribution in [0.1, 0.15) is 25.7 Å². The number of nitrogens with zero attached hydrogens (tertiary/aromatic N) is 3. The first-order valence-electron chi connectivity index (χ1n) is 9.92. The first-order valence-corrected chi connectivity index (χ1v) is 10.7. The van der Waals surface area contributed by atoms with E-state index in [4.69, 9.17) is 27.9 Å². The Hall–Kier alpha value is -1.01. The zero-order valence-corrected chi connectivity index (χ0v) is 17.4. The Morgan fingerprint density at radius 2 is 1.59 bits per heavy atom. The van der Waals surface area contributed by atoms with Gasteiger partial charge in [0.15, 0.2) is 0 Å². The van der Waals surface area contributed by atoms with E-state index in [0.29, 0.717) is 34.9 Å². The van der Waals surface area contributed by atoms with E-state index < -0.39 is 0 Å². The predicted octanol–water partition coefficient (Wildman–Crippen LogP) is 3.39. The van der Waals surface area contributed by atoms with Crippen LogP contribution in [0, 0.1) is 0 Å². The fourth-order valence-electron chi connectivity index (χ4n) is 3.65. The van der Waals surface area contributed by atoms with Crippen molar-refractivity contribution in [2.45, 2.75) is 25.7 Å². The number of benzene rings is 1. The van der Waals surface area contributed by atoms with Crippen LogP contribution < -0.4 is 4.74 Å². The van der Waals surface area contributed by atoms with Gasteiger partial charge in [-0.2, -0.15) is 0 Å². The lowest BCUT2D eigenvalue weighted by Gasteiger charge is -2.35. The zero-order valence-electron chi connectivity index (χ0n) is 15.8. The standard InChI is InChI=1S/C20H29Cl2N3O2/c21-17-5-6-18(22)19(15-17)27-14-13-23-9-11-24(12-10-23)16-20(26)25-7-3-1-2-4-8-25/h5-6,15H,1-4,7-14,16H2. The van der Waals surface area contributed by atoms with Crippen molar-refractivity contribution in [2.24, 2.45) is 0 Å². The molecule has 0 N–H and O–H groups in total. The van der Waals surface area contributed by atoms with Gasteiger partial charge in [0.1, 0.15) is 12.4 Å². The molecule has 1 amide bonds. The van der Waals surface area contributed by atoms with Gasteiger partial charge in [0.25, 0.3) is 0 Å². The van der Waals surface area contributed by atoms with Crippen LogP contribution in [0.2, 0.25) is 10.0 Å². The molecule has 1 aromatic carbocycles. The van der Waals surface area contributed by atoms with Crippen LogP contribution in [0.5, 0.6) is 5.75 Å². The van der Waals surface area contributed by atoms with Gasteiger partial charge in [-0.05, 0) is 25.0 Å². The van der Waals surface area contributed by atoms with E-state index in [1.165, 1.54) is 12.8 Å². The molecule has 1 aromatic rings. The van der Waals surface area contributed by atoms with Crippen LogP contribution in [0.15, 0.2) is 18.2 Å². The maximum Gasteiger partial charge on any atom is 0.236 e. The van der Waals surface area contributed by atoms with E-state index in [1.54, 1.807) is 18.2 Å². The summed E-state index contributed by atoms with van der Waals surface area (Å²) in [6, 6.07) is 5.25. The fourth-order valence-corrected chi connectivity index (χ4v) is 3.99. The molecule has 0 bridgehead atoms. The van der Waals surface area contributed by atoms with E-state index in [0.717, 1.165) is 58.7 Å². The molecule has 2 aliphatic heterocycles. The number of hydrogen-bond acceptors (Lipinski definition) is 4. The molecular weight excluding hydrogens is 385 g/mol. The first-order chi connectivity index (χ1) is 13.1. The topological polar surface area (TPSA) is 36.0 Å². The fraction of sp³-hybridized carbons (Fsp3) is 0.650. The Bertz CT molecular complexity index is 613. The van der Waals surface area contributed by atoms with Crippen LogP contribution in [0.3, 0.4) is 0 Å². The second-order valence-electron chi connectivity index (χ2n) is 7.34. The lowest BCUT2D eigenvalue weighted by atomic mass is 10.2. The van der Waals surface area contributed by atoms with Crippen molar-refractivity contribution < 1.29 is 9.53 Å². The van der Waals surface area contributed by atoms with Crippen molar-refractivity contribution in [3.05, 3.63) is 28.2 Å². The monoisotopic (exact) mass is 413 g/mol. The summed E-state index contributed by atoms with van der Waals surface area (Å²) in [5.41, 5.74) is 0. The number of hydrogen-bond donors (Lipinski definition) is 0. The van der Waals surface area contributed by atoms with Gasteiger partial charge in [-0.25, -0.2) is 0 Å². The van der Waals surface area contributed by atoms with E-state index in [9.17, 15) is 4.79 Å². The van der Waals surface area contributed by atoms with E-state index in [1.807, 2.05) is 0 Å². The molecule has 0 atom stereocenters. The van der Waals surface area contributed by atoms with Gasteiger partial charge in [-0.15, -0.1) is 0 Å². The Morgan fingerprint density at radius 3 is 2.30 bits per heavy atom. The van der Waals surface area contributed by atoms with Crippen molar-refractivity contribution in [2.75, 3.05) is 59.0 Å². The second kappa shape index (κ2) is 10.5. The van der Waals surface area contributed by atoms with Gasteiger partial charge < -0.3 is 9.64 Å². The molecule has 7 heteroatoms. The van der Waals surface area contributed by atoms with Crippen LogP contribution in [0.4, 0.5) is 0 Å². The lowest BCUT2D eigenvalue weighted by Crippen LogP contribution is -2.50. The van der Waals surface area contributed by atoms with Crippen molar-refractivity contribution in [1.82, 2.24) is 14.7 Å². The number of carbonyl (C=O) groups is 1. The molecular formula is C20H29Cl2N3O2. The van der Waals surface area contributed by atoms with E-state index >= 15 is 0 Å². The molecule has 27 heavy (non-hydrogen) atoms. The number of likely N-dealkylation sites (tertiary alicyclic amines) is 1. The van der Waals surface area contributed by atoms with Crippen LogP contribution in [-0.2, 0) is 4.79 Å². The quantitative estimate of drug-likeness (QED) is 0.715. The van der Waals surface area contributed by atoms with Gasteiger partial charge in [-0.3, -0.25) is 14.6 Å². The van der Waals surface area contributed by atoms with Crippen molar-refractivity contribution in [1.29, 1.82) is 0 Å². The Morgan fingerprint density at radius 1 is 0.926 bits per heavy atom. The molecule has 0 aliphatic carbocycles. The average molecular weight is 414 g/mol. The summed E-state index contributed by atoms with van der Waals surface area (Å²) in [7, 11) is 0. The second-order valence-corrected chi connectivity index (χ2v) is 8.18. The highest BCUT2D eigenvalue weighted by Crippen LogP contribution is 2.27. The van der Waals surface area contributed by atoms with Crippen molar-refractivity contribution >= 4 is 29.1 Å². The minimum Gasteiger partial charge on any atom is -0.491 e. The maximum atomic E-state index is 12.5. The Balaban J connectivity index is 1.35. The Labute approximate surface area is 172 Å². The molecule has 0 spiro atoms. The van der Waals surface area contributed by atoms with Gasteiger partial charge in [0, 0.05) is 56.9 Å². The number of ether oxygens (including phenoxy) is 1. The number of halogens is 2. The molecule has 3 rings (SSSR count). The summed E-state index contributed by atoms with van der Waals surface area (Å²) >= 11 is 12.1. The largest absolute Gasteiger partial charge is 0.491 e. The average Bonchev–Trinajstić information content (AvgIpc) is 2.95. The van der Waals surface area contributed by atoms with Crippen LogP contribution >= 0.6 is 23.2 Å². The Kier molecular flexibility index (Phi) is 8.07. The highest BCUT2D eigenvalue weighted by Gasteiger charge is 2.22. The van der Waals surface area contributed by atoms with E-state index in [-0.39, 0.29) is 0 Å². The molecule has 150 valence electrons. The number of amides is 1. The summed E-state index contributed by atoms with van der Waals surface area (Å²) < 4.78 is 5.77. The summed E-state index contributed by atoms with van der Waals surface area (Å²) in [6.45, 7) is 7.62. The predicted molar refractivity (Wildman–Crippen MR) is 110 cm³/mol. The number of carbonyl (C=O) groups excluding carboxylic acids is 1. The van der Waals surface area contributed by atoms with Gasteiger partial charge in [0.05, 0.1) is 11.6 Å². The zero-order chi connectivity index (χ0) is 19.1. The third kappa shape index (κ3) is 6.53. The van der Waals surface area contributed by atoms with E-state index in [2.05, 4.69) is 14.7 Å². The molecule has 5 nitrogen and oxygen atoms in total. The molecule has 2 saturated heterocycles. The number of piperazine rings is 1. The van der Waals surface area contributed by atoms with Crippen molar-refractivity contribution in [3.8, 4) is 5.75 Å². The smallest absolute Gasteiger partial charge is 0.236 e. The van der Waals surface area contributed by atoms with Crippen molar-refractivity contribution in [3.63, 3.8) is 0 Å². The normalized spacial score (nSPS) is 19.7. The third-order valence-corrected chi connectivity index (χ3v) is 5.89. The minimum atomic E-state index is 0.296. The first kappa shape index (κ1) is 20.7. The van der Waals surface area contributed by atoms with Gasteiger partial charge >= 0.3 is 0 Å². The SMILES string of the molecule is O=C(CN1CCN(CCOc2cc(Cl)ccc2Cl)CC1)N1CCCCCC1. The van der Waals surface area contributed by atoms with Crippen LogP contribution in [-0.4, -0.2) is 79.6 Å². The highest BCUT2D eigenvalue weighted by atomic mass is 35.5. The molecule has 2 aliphatic rings. The molecule has 2 heterocycles. The third-order valence-electron chi connectivity index (χ3n) is 5.34. The lowest BCUT2D eigenvalue weighted by molar-refractivity contribution is -0.132. The summed E-state index contributed by atoms with van der Waals surface area (Å²) in [4.78, 5) is 19.2. The molecule has 0 radical (unpaired) electrons. The van der Waals surface area contributed by atoms with Gasteiger partial charge in [0.2, 0.25) is 5.91 Å². The van der Waals surface area contributed by atoms with Gasteiger partial charge in [-0.1, -0.05) is 36.0 Å². The molecule has 0 saturated carbocycles. The number of rotatable bonds is 6. The summed E-state index contributed by atoms with van der Waals surface area (Å²) in [5, 5.41) is 1.20.